The molecule has 0 aromatic heterocycles. The van der Waals surface area contributed by atoms with Crippen molar-refractivity contribution >= 4 is 17.9 Å². The highest BCUT2D eigenvalue weighted by atomic mass is 16.6. The fourth-order valence-corrected chi connectivity index (χ4v) is 8.63. The van der Waals surface area contributed by atoms with Gasteiger partial charge < -0.3 is 14.2 Å². The lowest BCUT2D eigenvalue weighted by atomic mass is 10.0. The van der Waals surface area contributed by atoms with E-state index < -0.39 is 6.10 Å². The van der Waals surface area contributed by atoms with Crippen molar-refractivity contribution in [2.75, 3.05) is 13.2 Å². The van der Waals surface area contributed by atoms with Crippen molar-refractivity contribution in [3.05, 3.63) is 85.1 Å². The topological polar surface area (TPSA) is 78.9 Å². The normalized spacial score (nSPS) is 12.7. The standard InChI is InChI=1S/C66H114O6/c1-4-7-10-13-16-19-22-25-27-29-30-31-32-33-34-35-36-37-39-41-44-47-50-53-56-59-65(68)71-62-63(61-70-64(67)58-55-52-49-46-43-40-24-21-18-15-12-9-6-3)72-66(69)60-57-54-51-48-45-42-38-28-26-23-20-17-14-11-8-5-2/h7,9-10,12,16,18-19,21,25,27,30-31,40,43,63H,4-6,8,11,13-15,17,20,22-24,26,28-29,32-39,41-42,44-62H2,1-3H3/b10-7-,12-9-,19-16-,21-18-,27-25-,31-30-,43-40-. The van der Waals surface area contributed by atoms with Crippen LogP contribution in [0.2, 0.25) is 0 Å². The number of hydrogen-bond donors (Lipinski definition) is 0. The lowest BCUT2D eigenvalue weighted by Crippen LogP contribution is -2.30. The molecule has 0 saturated carbocycles. The van der Waals surface area contributed by atoms with Crippen LogP contribution in [0.1, 0.15) is 297 Å². The summed E-state index contributed by atoms with van der Waals surface area (Å²) in [4.78, 5) is 38.2. The van der Waals surface area contributed by atoms with Crippen LogP contribution in [0.5, 0.6) is 0 Å². The van der Waals surface area contributed by atoms with Crippen LogP contribution in [-0.4, -0.2) is 37.2 Å². The molecule has 0 saturated heterocycles. The van der Waals surface area contributed by atoms with E-state index in [1.54, 1.807) is 0 Å². The van der Waals surface area contributed by atoms with Gasteiger partial charge in [-0.15, -0.1) is 0 Å². The Balaban J connectivity index is 4.30. The van der Waals surface area contributed by atoms with Crippen LogP contribution in [0.4, 0.5) is 0 Å². The molecule has 414 valence electrons. The lowest BCUT2D eigenvalue weighted by molar-refractivity contribution is -0.167. The average molecular weight is 1000 g/mol. The van der Waals surface area contributed by atoms with Gasteiger partial charge in [0, 0.05) is 19.3 Å². The van der Waals surface area contributed by atoms with Gasteiger partial charge in [0.1, 0.15) is 13.2 Å². The van der Waals surface area contributed by atoms with Crippen molar-refractivity contribution in [2.24, 2.45) is 0 Å². The fraction of sp³-hybridized carbons (Fsp3) is 0.742. The second-order valence-corrected chi connectivity index (χ2v) is 20.2. The number of ether oxygens (including phenoxy) is 3. The second-order valence-electron chi connectivity index (χ2n) is 20.2. The fourth-order valence-electron chi connectivity index (χ4n) is 8.63. The van der Waals surface area contributed by atoms with Crippen LogP contribution in [0, 0.1) is 0 Å². The Morgan fingerprint density at radius 3 is 0.861 bits per heavy atom. The van der Waals surface area contributed by atoms with Crippen molar-refractivity contribution in [1.82, 2.24) is 0 Å². The van der Waals surface area contributed by atoms with Crippen molar-refractivity contribution in [2.45, 2.75) is 303 Å². The van der Waals surface area contributed by atoms with Gasteiger partial charge in [-0.25, -0.2) is 0 Å². The summed E-state index contributed by atoms with van der Waals surface area (Å²) in [5, 5.41) is 0. The Bertz CT molecular complexity index is 1380. The monoisotopic (exact) mass is 1000 g/mol. The molecule has 6 heteroatoms. The van der Waals surface area contributed by atoms with Crippen molar-refractivity contribution < 1.29 is 28.6 Å². The van der Waals surface area contributed by atoms with Gasteiger partial charge in [-0.3, -0.25) is 14.4 Å². The van der Waals surface area contributed by atoms with E-state index in [0.29, 0.717) is 19.3 Å². The summed E-state index contributed by atoms with van der Waals surface area (Å²) < 4.78 is 16.9. The van der Waals surface area contributed by atoms with Gasteiger partial charge in [0.2, 0.25) is 0 Å². The first-order valence-electron chi connectivity index (χ1n) is 30.6. The number of rotatable bonds is 55. The van der Waals surface area contributed by atoms with Gasteiger partial charge in [0.25, 0.3) is 0 Å². The molecule has 1 atom stereocenters. The van der Waals surface area contributed by atoms with E-state index in [-0.39, 0.29) is 31.1 Å². The summed E-state index contributed by atoms with van der Waals surface area (Å²) in [6.45, 7) is 6.42. The summed E-state index contributed by atoms with van der Waals surface area (Å²) in [5.41, 5.74) is 0. The molecule has 1 unspecified atom stereocenters. The van der Waals surface area contributed by atoms with E-state index in [2.05, 4.69) is 106 Å². The zero-order chi connectivity index (χ0) is 52.2. The largest absolute Gasteiger partial charge is 0.462 e. The third-order valence-corrected chi connectivity index (χ3v) is 13.1. The summed E-state index contributed by atoms with van der Waals surface area (Å²) in [5.74, 6) is -0.905. The van der Waals surface area contributed by atoms with E-state index in [0.717, 1.165) is 109 Å². The van der Waals surface area contributed by atoms with Crippen LogP contribution in [0.15, 0.2) is 85.1 Å². The number of unbranched alkanes of at least 4 members (excludes halogenated alkanes) is 30. The Kier molecular flexibility index (Phi) is 57.3. The molecule has 0 rings (SSSR count). The molecule has 6 nitrogen and oxygen atoms in total. The summed E-state index contributed by atoms with van der Waals surface area (Å²) in [6, 6.07) is 0. The highest BCUT2D eigenvalue weighted by Crippen LogP contribution is 2.17. The molecule has 0 aliphatic carbocycles. The minimum Gasteiger partial charge on any atom is -0.462 e. The van der Waals surface area contributed by atoms with Crippen LogP contribution >= 0.6 is 0 Å². The molecule has 0 N–H and O–H groups in total. The SMILES string of the molecule is CC/C=C\C/C=C\C/C=C\C/C=C\CCCCCCCCCCCCCCC(=O)OCC(COC(=O)CCCCC/C=C\C/C=C\C/C=C\CC)OC(=O)CCCCCCCCCCCCCCCCCC. The summed E-state index contributed by atoms with van der Waals surface area (Å²) in [7, 11) is 0. The average Bonchev–Trinajstić information content (AvgIpc) is 3.38. The molecule has 0 radical (unpaired) electrons. The van der Waals surface area contributed by atoms with Gasteiger partial charge >= 0.3 is 17.9 Å². The molecule has 0 aromatic carbocycles. The van der Waals surface area contributed by atoms with E-state index >= 15 is 0 Å². The van der Waals surface area contributed by atoms with Crippen LogP contribution in [-0.2, 0) is 28.6 Å². The molecule has 0 amide bonds. The molecule has 0 bridgehead atoms. The van der Waals surface area contributed by atoms with E-state index in [9.17, 15) is 14.4 Å². The van der Waals surface area contributed by atoms with Crippen LogP contribution < -0.4 is 0 Å². The molecule has 0 heterocycles. The highest BCUT2D eigenvalue weighted by Gasteiger charge is 2.19. The van der Waals surface area contributed by atoms with E-state index in [1.165, 1.54) is 148 Å². The van der Waals surface area contributed by atoms with Gasteiger partial charge in [0.05, 0.1) is 0 Å². The number of esters is 3. The molecular formula is C66H114O6. The first kappa shape index (κ1) is 68.6. The minimum atomic E-state index is -0.788. The third-order valence-electron chi connectivity index (χ3n) is 13.1. The zero-order valence-electron chi connectivity index (χ0n) is 47.4. The number of carbonyl (C=O) groups is 3. The molecular weight excluding hydrogens is 889 g/mol. The number of carbonyl (C=O) groups excluding carboxylic acids is 3. The second kappa shape index (κ2) is 60.1. The van der Waals surface area contributed by atoms with Crippen molar-refractivity contribution in [1.29, 1.82) is 0 Å². The Labute approximate surface area is 445 Å². The lowest BCUT2D eigenvalue weighted by Gasteiger charge is -2.18. The minimum absolute atomic E-state index is 0.0843. The molecule has 0 aliphatic heterocycles. The third kappa shape index (κ3) is 57.5. The Hall–Kier alpha value is -3.41. The quantitative estimate of drug-likeness (QED) is 0.0261. The van der Waals surface area contributed by atoms with E-state index in [4.69, 9.17) is 14.2 Å². The number of hydrogen-bond acceptors (Lipinski definition) is 6. The van der Waals surface area contributed by atoms with Gasteiger partial charge in [0.15, 0.2) is 6.10 Å². The zero-order valence-corrected chi connectivity index (χ0v) is 47.4. The van der Waals surface area contributed by atoms with Gasteiger partial charge in [-0.1, -0.05) is 273 Å². The first-order valence-corrected chi connectivity index (χ1v) is 30.6. The predicted octanol–water partition coefficient (Wildman–Crippen LogP) is 20.7. The Morgan fingerprint density at radius 2 is 0.542 bits per heavy atom. The maximum absolute atomic E-state index is 12.9. The summed E-state index contributed by atoms with van der Waals surface area (Å²) >= 11 is 0. The predicted molar refractivity (Wildman–Crippen MR) is 311 cm³/mol. The maximum atomic E-state index is 12.9. The van der Waals surface area contributed by atoms with Gasteiger partial charge in [-0.05, 0) is 89.9 Å². The van der Waals surface area contributed by atoms with Crippen molar-refractivity contribution in [3.8, 4) is 0 Å². The van der Waals surface area contributed by atoms with Crippen molar-refractivity contribution in [3.63, 3.8) is 0 Å². The van der Waals surface area contributed by atoms with Crippen LogP contribution in [0.25, 0.3) is 0 Å². The molecule has 0 fully saturated rings. The summed E-state index contributed by atoms with van der Waals surface area (Å²) in [6.07, 6.45) is 78.7. The molecule has 0 aromatic rings. The molecule has 72 heavy (non-hydrogen) atoms. The van der Waals surface area contributed by atoms with E-state index in [1.807, 2.05) is 0 Å². The number of allylic oxidation sites excluding steroid dienone is 14. The van der Waals surface area contributed by atoms with Crippen LogP contribution in [0.3, 0.4) is 0 Å². The molecule has 0 aliphatic rings. The Morgan fingerprint density at radius 1 is 0.292 bits per heavy atom. The highest BCUT2D eigenvalue weighted by molar-refractivity contribution is 5.71. The molecule has 0 spiro atoms. The first-order chi connectivity index (χ1) is 35.5. The van der Waals surface area contributed by atoms with Gasteiger partial charge in [-0.2, -0.15) is 0 Å². The maximum Gasteiger partial charge on any atom is 0.306 e. The smallest absolute Gasteiger partial charge is 0.306 e.